The number of hydrogen-bond acceptors (Lipinski definition) is 6. The molecule has 0 bridgehead atoms. The highest BCUT2D eigenvalue weighted by molar-refractivity contribution is 6.03. The molecule has 144 valence electrons. The summed E-state index contributed by atoms with van der Waals surface area (Å²) in [5.74, 6) is 1.43. The van der Waals surface area contributed by atoms with Gasteiger partial charge in [-0.05, 0) is 24.3 Å². The van der Waals surface area contributed by atoms with Crippen molar-refractivity contribution in [2.75, 3.05) is 38.0 Å². The van der Waals surface area contributed by atoms with Crippen LogP contribution in [0.4, 0.5) is 11.5 Å². The van der Waals surface area contributed by atoms with Crippen molar-refractivity contribution in [3.8, 4) is 17.1 Å². The van der Waals surface area contributed by atoms with Crippen molar-refractivity contribution in [2.45, 2.75) is 0 Å². The Morgan fingerprint density at radius 2 is 1.75 bits per heavy atom. The monoisotopic (exact) mass is 378 g/mol. The van der Waals surface area contributed by atoms with E-state index in [2.05, 4.69) is 20.6 Å². The van der Waals surface area contributed by atoms with Gasteiger partial charge in [0.1, 0.15) is 17.3 Å². The third-order valence-corrected chi connectivity index (χ3v) is 3.95. The summed E-state index contributed by atoms with van der Waals surface area (Å²) in [6.07, 6.45) is 0. The van der Waals surface area contributed by atoms with Gasteiger partial charge in [0.25, 0.3) is 5.91 Å². The third kappa shape index (κ3) is 5.05. The molecule has 2 N–H and O–H groups in total. The van der Waals surface area contributed by atoms with Crippen LogP contribution in [0.3, 0.4) is 0 Å². The van der Waals surface area contributed by atoms with E-state index in [0.29, 0.717) is 30.5 Å². The quantitative estimate of drug-likeness (QED) is 0.584. The lowest BCUT2D eigenvalue weighted by molar-refractivity contribution is 0.102. The van der Waals surface area contributed by atoms with Gasteiger partial charge in [-0.2, -0.15) is 0 Å². The van der Waals surface area contributed by atoms with Crippen LogP contribution in [0.25, 0.3) is 11.4 Å². The van der Waals surface area contributed by atoms with Crippen molar-refractivity contribution in [1.82, 2.24) is 9.97 Å². The zero-order chi connectivity index (χ0) is 19.8. The molecule has 0 spiro atoms. The van der Waals surface area contributed by atoms with E-state index < -0.39 is 0 Å². The van der Waals surface area contributed by atoms with Gasteiger partial charge in [-0.25, -0.2) is 9.97 Å². The number of aromatic nitrogens is 2. The maximum Gasteiger partial charge on any atom is 0.274 e. The Bertz CT molecular complexity index is 915. The molecule has 0 saturated heterocycles. The molecule has 28 heavy (non-hydrogen) atoms. The molecule has 2 aromatic carbocycles. The van der Waals surface area contributed by atoms with E-state index in [9.17, 15) is 4.79 Å². The Kier molecular flexibility index (Phi) is 6.54. The van der Waals surface area contributed by atoms with E-state index in [1.807, 2.05) is 30.3 Å². The lowest BCUT2D eigenvalue weighted by Crippen LogP contribution is -2.16. The molecule has 7 nitrogen and oxygen atoms in total. The summed E-state index contributed by atoms with van der Waals surface area (Å²) in [5.41, 5.74) is 1.75. The largest absolute Gasteiger partial charge is 0.497 e. The molecule has 0 fully saturated rings. The number of methoxy groups -OCH3 is 2. The number of nitrogens with zero attached hydrogens (tertiary/aromatic N) is 2. The molecule has 0 aliphatic carbocycles. The number of amides is 1. The summed E-state index contributed by atoms with van der Waals surface area (Å²) in [5, 5.41) is 6.00. The summed E-state index contributed by atoms with van der Waals surface area (Å²) in [6.45, 7) is 1.10. The van der Waals surface area contributed by atoms with Crippen LogP contribution in [-0.2, 0) is 4.74 Å². The number of rotatable bonds is 8. The summed E-state index contributed by atoms with van der Waals surface area (Å²) >= 11 is 0. The Morgan fingerprint density at radius 3 is 2.43 bits per heavy atom. The highest BCUT2D eigenvalue weighted by atomic mass is 16.5. The van der Waals surface area contributed by atoms with Crippen LogP contribution in [0, 0.1) is 0 Å². The number of carbonyl (C=O) groups is 1. The second kappa shape index (κ2) is 9.48. The summed E-state index contributed by atoms with van der Waals surface area (Å²) in [7, 11) is 3.22. The molecule has 0 radical (unpaired) electrons. The molecule has 0 saturated carbocycles. The van der Waals surface area contributed by atoms with E-state index in [0.717, 1.165) is 11.3 Å². The first-order chi connectivity index (χ1) is 13.7. The highest BCUT2D eigenvalue weighted by Crippen LogP contribution is 2.20. The van der Waals surface area contributed by atoms with E-state index in [-0.39, 0.29) is 11.6 Å². The number of hydrogen-bond donors (Lipinski definition) is 2. The summed E-state index contributed by atoms with van der Waals surface area (Å²) < 4.78 is 10.2. The molecule has 0 atom stereocenters. The zero-order valence-electron chi connectivity index (χ0n) is 15.8. The molecule has 1 aromatic heterocycles. The van der Waals surface area contributed by atoms with Gasteiger partial charge in [0, 0.05) is 31.0 Å². The lowest BCUT2D eigenvalue weighted by atomic mass is 10.2. The van der Waals surface area contributed by atoms with Crippen molar-refractivity contribution in [1.29, 1.82) is 0 Å². The van der Waals surface area contributed by atoms with Gasteiger partial charge in [-0.15, -0.1) is 0 Å². The van der Waals surface area contributed by atoms with Crippen LogP contribution in [0.5, 0.6) is 5.75 Å². The number of ether oxygens (including phenoxy) is 2. The Hall–Kier alpha value is -3.45. The molecular formula is C21H22N4O3. The fourth-order valence-electron chi connectivity index (χ4n) is 2.52. The SMILES string of the molecule is COCCNc1cc(C(=O)Nc2ccc(OC)cc2)nc(-c2ccccc2)n1. The summed E-state index contributed by atoms with van der Waals surface area (Å²) in [6, 6.07) is 18.3. The Labute approximate surface area is 163 Å². The fourth-order valence-corrected chi connectivity index (χ4v) is 2.52. The van der Waals surface area contributed by atoms with E-state index in [1.54, 1.807) is 44.6 Å². The van der Waals surface area contributed by atoms with Crippen LogP contribution in [0.15, 0.2) is 60.7 Å². The molecule has 7 heteroatoms. The first-order valence-electron chi connectivity index (χ1n) is 8.82. The molecule has 1 amide bonds. The second-order valence-electron chi connectivity index (χ2n) is 5.93. The van der Waals surface area contributed by atoms with Gasteiger partial charge in [0.2, 0.25) is 0 Å². The van der Waals surface area contributed by atoms with E-state index in [4.69, 9.17) is 9.47 Å². The minimum atomic E-state index is -0.320. The van der Waals surface area contributed by atoms with Gasteiger partial charge in [0.05, 0.1) is 13.7 Å². The van der Waals surface area contributed by atoms with Crippen LogP contribution in [0.1, 0.15) is 10.5 Å². The zero-order valence-corrected chi connectivity index (χ0v) is 15.8. The van der Waals surface area contributed by atoms with Crippen LogP contribution in [0.2, 0.25) is 0 Å². The number of benzene rings is 2. The molecule has 0 aliphatic heterocycles. The lowest BCUT2D eigenvalue weighted by Gasteiger charge is -2.11. The van der Waals surface area contributed by atoms with E-state index >= 15 is 0 Å². The van der Waals surface area contributed by atoms with Crippen molar-refractivity contribution < 1.29 is 14.3 Å². The average Bonchev–Trinajstić information content (AvgIpc) is 2.75. The van der Waals surface area contributed by atoms with E-state index in [1.165, 1.54) is 0 Å². The standard InChI is InChI=1S/C21H22N4O3/c1-27-13-12-22-19-14-18(24-20(25-19)15-6-4-3-5-7-15)21(26)23-16-8-10-17(28-2)11-9-16/h3-11,14H,12-13H2,1-2H3,(H,23,26)(H,22,24,25). The van der Waals surface area contributed by atoms with Gasteiger partial charge in [0.15, 0.2) is 5.82 Å². The average molecular weight is 378 g/mol. The van der Waals surface area contributed by atoms with Crippen LogP contribution >= 0.6 is 0 Å². The van der Waals surface area contributed by atoms with Gasteiger partial charge >= 0.3 is 0 Å². The molecule has 3 rings (SSSR count). The Morgan fingerprint density at radius 1 is 1.00 bits per heavy atom. The van der Waals surface area contributed by atoms with Gasteiger partial charge in [-0.1, -0.05) is 30.3 Å². The number of carbonyl (C=O) groups excluding carboxylic acids is 1. The van der Waals surface area contributed by atoms with Gasteiger partial charge in [-0.3, -0.25) is 4.79 Å². The minimum Gasteiger partial charge on any atom is -0.497 e. The predicted molar refractivity (Wildman–Crippen MR) is 109 cm³/mol. The maximum absolute atomic E-state index is 12.7. The Balaban J connectivity index is 1.86. The van der Waals surface area contributed by atoms with Gasteiger partial charge < -0.3 is 20.1 Å². The van der Waals surface area contributed by atoms with Crippen molar-refractivity contribution in [3.05, 3.63) is 66.4 Å². The topological polar surface area (TPSA) is 85.4 Å². The molecule has 3 aromatic rings. The smallest absolute Gasteiger partial charge is 0.274 e. The first kappa shape index (κ1) is 19.3. The second-order valence-corrected chi connectivity index (χ2v) is 5.93. The fraction of sp³-hybridized carbons (Fsp3) is 0.190. The maximum atomic E-state index is 12.7. The third-order valence-electron chi connectivity index (χ3n) is 3.95. The number of nitrogens with one attached hydrogen (secondary N) is 2. The minimum absolute atomic E-state index is 0.268. The van der Waals surface area contributed by atoms with Crippen molar-refractivity contribution >= 4 is 17.4 Å². The summed E-state index contributed by atoms with van der Waals surface area (Å²) in [4.78, 5) is 21.7. The van der Waals surface area contributed by atoms with Crippen LogP contribution < -0.4 is 15.4 Å². The first-order valence-corrected chi connectivity index (χ1v) is 8.82. The van der Waals surface area contributed by atoms with Crippen molar-refractivity contribution in [3.63, 3.8) is 0 Å². The van der Waals surface area contributed by atoms with Crippen LogP contribution in [-0.4, -0.2) is 43.2 Å². The predicted octanol–water partition coefficient (Wildman–Crippen LogP) is 3.46. The molecule has 0 aliphatic rings. The highest BCUT2D eigenvalue weighted by Gasteiger charge is 2.13. The molecular weight excluding hydrogens is 356 g/mol. The molecule has 1 heterocycles. The number of anilines is 2. The van der Waals surface area contributed by atoms with Crippen molar-refractivity contribution in [2.24, 2.45) is 0 Å². The normalized spacial score (nSPS) is 10.4. The molecule has 0 unspecified atom stereocenters.